The number of sulfonamides is 1. The van der Waals surface area contributed by atoms with Crippen molar-refractivity contribution in [1.29, 1.82) is 0 Å². The third-order valence-corrected chi connectivity index (χ3v) is 3.39. The van der Waals surface area contributed by atoms with Crippen LogP contribution in [0.3, 0.4) is 0 Å². The molecule has 8 heteroatoms. The molecule has 0 unspecified atom stereocenters. The highest BCUT2D eigenvalue weighted by atomic mass is 32.2. The minimum absolute atomic E-state index is 0.0909. The number of nitrogens with two attached hydrogens (primary N) is 1. The Bertz CT molecular complexity index is 527. The summed E-state index contributed by atoms with van der Waals surface area (Å²) in [7, 11) is -3.69. The molecule has 0 atom stereocenters. The Morgan fingerprint density at radius 3 is 2.42 bits per heavy atom. The topological polar surface area (TPSA) is 93.5 Å². The molecule has 0 bridgehead atoms. The first kappa shape index (κ1) is 15.7. The van der Waals surface area contributed by atoms with Gasteiger partial charge in [-0.05, 0) is 42.4 Å². The second kappa shape index (κ2) is 6.69. The van der Waals surface area contributed by atoms with Gasteiger partial charge < -0.3 is 10.5 Å². The minimum Gasteiger partial charge on any atom is -0.493 e. The summed E-state index contributed by atoms with van der Waals surface area (Å²) in [6.07, 6.45) is 0. The van der Waals surface area contributed by atoms with E-state index in [1.54, 1.807) is 12.1 Å². The molecule has 0 fully saturated rings. The first-order valence-corrected chi connectivity index (χ1v) is 7.50. The number of benzene rings is 1. The lowest BCUT2D eigenvalue weighted by Gasteiger charge is -2.10. The van der Waals surface area contributed by atoms with E-state index in [2.05, 4.69) is 22.5 Å². The van der Waals surface area contributed by atoms with Gasteiger partial charge in [-0.1, -0.05) is 13.8 Å². The molecule has 1 aromatic rings. The highest BCUT2D eigenvalue weighted by Crippen LogP contribution is 2.16. The van der Waals surface area contributed by atoms with Crippen molar-refractivity contribution in [3.63, 3.8) is 0 Å². The van der Waals surface area contributed by atoms with Crippen molar-refractivity contribution >= 4 is 27.4 Å². The van der Waals surface area contributed by atoms with Gasteiger partial charge in [0.05, 0.1) is 11.5 Å². The van der Waals surface area contributed by atoms with Crippen LogP contribution in [0.2, 0.25) is 0 Å². The summed E-state index contributed by atoms with van der Waals surface area (Å²) >= 11 is 4.51. The highest BCUT2D eigenvalue weighted by molar-refractivity contribution is 7.89. The maximum absolute atomic E-state index is 11.8. The van der Waals surface area contributed by atoms with Crippen LogP contribution < -0.4 is 20.7 Å². The molecule has 6 nitrogen and oxygen atoms in total. The van der Waals surface area contributed by atoms with E-state index in [0.29, 0.717) is 18.3 Å². The quantitative estimate of drug-likeness (QED) is 0.530. The molecule has 0 saturated carbocycles. The third-order valence-electron chi connectivity index (χ3n) is 2.03. The smallest absolute Gasteiger partial charge is 0.257 e. The number of rotatable bonds is 6. The van der Waals surface area contributed by atoms with E-state index in [0.717, 1.165) is 0 Å². The average molecular weight is 303 g/mol. The average Bonchev–Trinajstić information content (AvgIpc) is 2.34. The van der Waals surface area contributed by atoms with E-state index in [9.17, 15) is 8.42 Å². The van der Waals surface area contributed by atoms with Crippen LogP contribution in [0.15, 0.2) is 29.2 Å². The monoisotopic (exact) mass is 303 g/mol. The summed E-state index contributed by atoms with van der Waals surface area (Å²) in [6, 6.07) is 6.08. The zero-order chi connectivity index (χ0) is 14.5. The number of hydrogen-bond donors (Lipinski definition) is 3. The van der Waals surface area contributed by atoms with E-state index in [-0.39, 0.29) is 10.0 Å². The first-order valence-electron chi connectivity index (χ1n) is 5.61. The van der Waals surface area contributed by atoms with E-state index in [1.807, 2.05) is 13.8 Å². The first-order chi connectivity index (χ1) is 8.81. The SMILES string of the molecule is CC(C)COc1ccc(S(=O)(=O)NNC(N)=S)cc1. The molecule has 0 aliphatic carbocycles. The van der Waals surface area contributed by atoms with Gasteiger partial charge in [-0.2, -0.15) is 0 Å². The Morgan fingerprint density at radius 2 is 1.95 bits per heavy atom. The number of thiocarbonyl (C=S) groups is 1. The molecule has 0 saturated heterocycles. The maximum atomic E-state index is 11.8. The van der Waals surface area contributed by atoms with Crippen molar-refractivity contribution in [2.45, 2.75) is 18.7 Å². The van der Waals surface area contributed by atoms with E-state index >= 15 is 0 Å². The summed E-state index contributed by atoms with van der Waals surface area (Å²) in [6.45, 7) is 4.64. The fourth-order valence-electron chi connectivity index (χ4n) is 1.15. The lowest BCUT2D eigenvalue weighted by atomic mass is 10.2. The molecule has 0 amide bonds. The molecule has 1 rings (SSSR count). The molecule has 0 aliphatic rings. The number of ether oxygens (including phenoxy) is 1. The zero-order valence-corrected chi connectivity index (χ0v) is 12.3. The van der Waals surface area contributed by atoms with Gasteiger partial charge in [-0.25, -0.2) is 8.42 Å². The summed E-state index contributed by atoms with van der Waals surface area (Å²) in [4.78, 5) is 2.15. The normalized spacial score (nSPS) is 11.3. The molecule has 0 radical (unpaired) electrons. The summed E-state index contributed by atoms with van der Waals surface area (Å²) < 4.78 is 29.0. The summed E-state index contributed by atoms with van der Waals surface area (Å²) in [5.74, 6) is 1.02. The lowest BCUT2D eigenvalue weighted by Crippen LogP contribution is -2.44. The van der Waals surface area contributed by atoms with Crippen molar-refractivity contribution < 1.29 is 13.2 Å². The summed E-state index contributed by atoms with van der Waals surface area (Å²) in [5, 5.41) is -0.152. The van der Waals surface area contributed by atoms with Gasteiger partial charge in [-0.15, -0.1) is 4.83 Å². The molecule has 19 heavy (non-hydrogen) atoms. The van der Waals surface area contributed by atoms with E-state index in [4.69, 9.17) is 10.5 Å². The van der Waals surface area contributed by atoms with Gasteiger partial charge in [0.25, 0.3) is 10.0 Å². The Hall–Kier alpha value is -1.38. The number of hydrogen-bond acceptors (Lipinski definition) is 4. The Labute approximate surface area is 118 Å². The van der Waals surface area contributed by atoms with Crippen molar-refractivity contribution in [1.82, 2.24) is 10.3 Å². The highest BCUT2D eigenvalue weighted by Gasteiger charge is 2.13. The van der Waals surface area contributed by atoms with E-state index < -0.39 is 10.0 Å². The van der Waals surface area contributed by atoms with Gasteiger partial charge in [0.15, 0.2) is 5.11 Å². The van der Waals surface area contributed by atoms with Crippen molar-refractivity contribution in [2.75, 3.05) is 6.61 Å². The van der Waals surface area contributed by atoms with E-state index in [1.165, 1.54) is 12.1 Å². The van der Waals surface area contributed by atoms with Crippen LogP contribution in [0.1, 0.15) is 13.8 Å². The minimum atomic E-state index is -3.69. The molecule has 0 spiro atoms. The van der Waals surface area contributed by atoms with Gasteiger partial charge in [0, 0.05) is 0 Å². The van der Waals surface area contributed by atoms with Crippen LogP contribution in [0.4, 0.5) is 0 Å². The predicted molar refractivity (Wildman–Crippen MR) is 77.0 cm³/mol. The molecule has 0 aliphatic heterocycles. The Kier molecular flexibility index (Phi) is 5.52. The third kappa shape index (κ3) is 5.41. The van der Waals surface area contributed by atoms with Crippen molar-refractivity contribution in [2.24, 2.45) is 11.7 Å². The molecular formula is C11H17N3O3S2. The maximum Gasteiger partial charge on any atom is 0.257 e. The van der Waals surface area contributed by atoms with Crippen molar-refractivity contribution in [3.8, 4) is 5.75 Å². The van der Waals surface area contributed by atoms with Crippen LogP contribution in [0.25, 0.3) is 0 Å². The molecule has 4 N–H and O–H groups in total. The second-order valence-electron chi connectivity index (χ2n) is 4.27. The van der Waals surface area contributed by atoms with Gasteiger partial charge in [0.2, 0.25) is 0 Å². The van der Waals surface area contributed by atoms with Crippen LogP contribution in [0, 0.1) is 5.92 Å². The molecule has 0 heterocycles. The summed E-state index contributed by atoms with van der Waals surface area (Å²) in [5.41, 5.74) is 7.32. The Balaban J connectivity index is 2.72. The van der Waals surface area contributed by atoms with Crippen LogP contribution in [-0.2, 0) is 10.0 Å². The Morgan fingerprint density at radius 1 is 1.37 bits per heavy atom. The zero-order valence-electron chi connectivity index (χ0n) is 10.7. The molecule has 0 aromatic heterocycles. The van der Waals surface area contributed by atoms with Crippen molar-refractivity contribution in [3.05, 3.63) is 24.3 Å². The predicted octanol–water partition coefficient (Wildman–Crippen LogP) is 0.748. The fraction of sp³-hybridized carbons (Fsp3) is 0.364. The fourth-order valence-corrected chi connectivity index (χ4v) is 2.13. The number of hydrazine groups is 1. The standard InChI is InChI=1S/C11H17N3O3S2/c1-8(2)7-17-9-3-5-10(6-4-9)19(15,16)14-13-11(12)18/h3-6,8,14H,7H2,1-2H3,(H3,12,13,18). The molecular weight excluding hydrogens is 286 g/mol. The van der Waals surface area contributed by atoms with Gasteiger partial charge in [-0.3, -0.25) is 5.43 Å². The second-order valence-corrected chi connectivity index (χ2v) is 6.39. The van der Waals surface area contributed by atoms with Crippen LogP contribution in [-0.4, -0.2) is 20.1 Å². The largest absolute Gasteiger partial charge is 0.493 e. The van der Waals surface area contributed by atoms with Gasteiger partial charge in [0.1, 0.15) is 5.75 Å². The van der Waals surface area contributed by atoms with Gasteiger partial charge >= 0.3 is 0 Å². The van der Waals surface area contributed by atoms with Crippen LogP contribution >= 0.6 is 12.2 Å². The molecule has 106 valence electrons. The number of nitrogens with one attached hydrogen (secondary N) is 2. The molecule has 1 aromatic carbocycles. The van der Waals surface area contributed by atoms with Crippen LogP contribution in [0.5, 0.6) is 5.75 Å². The lowest BCUT2D eigenvalue weighted by molar-refractivity contribution is 0.271.